The first-order valence-corrected chi connectivity index (χ1v) is 6.02. The molecular weight excluding hydrogens is 266 g/mol. The Bertz CT molecular complexity index is 406. The first-order chi connectivity index (χ1) is 7.99. The van der Waals surface area contributed by atoms with Crippen LogP contribution in [0.1, 0.15) is 11.9 Å². The molecule has 7 heteroatoms. The quantitative estimate of drug-likeness (QED) is 0.734. The molecule has 1 aliphatic rings. The van der Waals surface area contributed by atoms with Gasteiger partial charge in [0.25, 0.3) is 0 Å². The molecule has 1 aromatic heterocycles. The first kappa shape index (κ1) is 13.0. The fraction of sp³-hybridized carbons (Fsp3) is 0.600. The Morgan fingerprint density at radius 1 is 1.18 bits per heavy atom. The van der Waals surface area contributed by atoms with Crippen LogP contribution >= 0.6 is 23.2 Å². The smallest absolute Gasteiger partial charge is 0.197 e. The fourth-order valence-corrected chi connectivity index (χ4v) is 2.25. The van der Waals surface area contributed by atoms with Crippen molar-refractivity contribution < 1.29 is 4.39 Å². The van der Waals surface area contributed by atoms with Crippen molar-refractivity contribution in [2.24, 2.45) is 0 Å². The Hall–Kier alpha value is -0.490. The lowest BCUT2D eigenvalue weighted by Gasteiger charge is -2.36. The van der Waals surface area contributed by atoms with Gasteiger partial charge in [-0.3, -0.25) is 4.90 Å². The highest BCUT2D eigenvalue weighted by atomic mass is 35.5. The lowest BCUT2D eigenvalue weighted by Crippen LogP contribution is -2.45. The lowest BCUT2D eigenvalue weighted by atomic mass is 10.1. The van der Waals surface area contributed by atoms with Gasteiger partial charge < -0.3 is 4.90 Å². The van der Waals surface area contributed by atoms with Crippen LogP contribution in [0.4, 0.5) is 4.39 Å². The number of piperazine rings is 1. The van der Waals surface area contributed by atoms with Crippen molar-refractivity contribution in [3.05, 3.63) is 21.9 Å². The SMILES string of the molecule is CN1CCN(C)C(c2nc(Cl)c(F)c(Cl)n2)C1. The van der Waals surface area contributed by atoms with E-state index in [0.717, 1.165) is 19.6 Å². The minimum absolute atomic E-state index is 0.00986. The van der Waals surface area contributed by atoms with E-state index in [4.69, 9.17) is 23.2 Å². The molecule has 0 amide bonds. The van der Waals surface area contributed by atoms with E-state index in [2.05, 4.69) is 19.8 Å². The summed E-state index contributed by atoms with van der Waals surface area (Å²) < 4.78 is 13.2. The molecule has 1 unspecified atom stereocenters. The van der Waals surface area contributed by atoms with Crippen molar-refractivity contribution in [1.29, 1.82) is 0 Å². The maximum Gasteiger partial charge on any atom is 0.197 e. The number of hydrogen-bond donors (Lipinski definition) is 0. The Morgan fingerprint density at radius 3 is 2.35 bits per heavy atom. The van der Waals surface area contributed by atoms with Crippen molar-refractivity contribution in [2.45, 2.75) is 6.04 Å². The zero-order valence-corrected chi connectivity index (χ0v) is 11.1. The lowest BCUT2D eigenvalue weighted by molar-refractivity contribution is 0.109. The van der Waals surface area contributed by atoms with Crippen LogP contribution in [0.15, 0.2) is 0 Å². The predicted octanol–water partition coefficient (Wildman–Crippen LogP) is 1.84. The highest BCUT2D eigenvalue weighted by molar-refractivity contribution is 6.33. The molecule has 0 saturated carbocycles. The zero-order chi connectivity index (χ0) is 12.6. The third-order valence-electron chi connectivity index (χ3n) is 2.94. The number of aromatic nitrogens is 2. The van der Waals surface area contributed by atoms with Gasteiger partial charge in [-0.15, -0.1) is 0 Å². The van der Waals surface area contributed by atoms with Crippen LogP contribution in [-0.4, -0.2) is 53.5 Å². The van der Waals surface area contributed by atoms with E-state index in [1.54, 1.807) is 0 Å². The average Bonchev–Trinajstić information content (AvgIpc) is 2.28. The third-order valence-corrected chi connectivity index (χ3v) is 3.44. The van der Waals surface area contributed by atoms with E-state index in [1.165, 1.54) is 0 Å². The molecule has 2 heterocycles. The van der Waals surface area contributed by atoms with Gasteiger partial charge >= 0.3 is 0 Å². The van der Waals surface area contributed by atoms with E-state index < -0.39 is 5.82 Å². The van der Waals surface area contributed by atoms with Crippen LogP contribution in [0, 0.1) is 5.82 Å². The molecule has 4 nitrogen and oxygen atoms in total. The molecule has 1 saturated heterocycles. The van der Waals surface area contributed by atoms with E-state index in [0.29, 0.717) is 5.82 Å². The molecule has 0 aliphatic carbocycles. The largest absolute Gasteiger partial charge is 0.303 e. The molecule has 0 bridgehead atoms. The summed E-state index contributed by atoms with van der Waals surface area (Å²) in [5, 5.41) is -0.441. The van der Waals surface area contributed by atoms with Gasteiger partial charge in [0.2, 0.25) is 0 Å². The van der Waals surface area contributed by atoms with Crippen LogP contribution in [0.25, 0.3) is 0 Å². The van der Waals surface area contributed by atoms with Crippen molar-refractivity contribution in [1.82, 2.24) is 19.8 Å². The molecule has 0 aromatic carbocycles. The molecule has 1 aliphatic heterocycles. The van der Waals surface area contributed by atoms with Crippen LogP contribution in [0.2, 0.25) is 10.3 Å². The summed E-state index contributed by atoms with van der Waals surface area (Å²) in [4.78, 5) is 12.2. The summed E-state index contributed by atoms with van der Waals surface area (Å²) in [7, 11) is 4.00. The van der Waals surface area contributed by atoms with Crippen molar-refractivity contribution in [3.8, 4) is 0 Å². The Kier molecular flexibility index (Phi) is 3.82. The second kappa shape index (κ2) is 5.02. The van der Waals surface area contributed by atoms with Crippen LogP contribution in [0.3, 0.4) is 0 Å². The Balaban J connectivity index is 2.32. The molecular formula is C10H13Cl2FN4. The average molecular weight is 279 g/mol. The first-order valence-electron chi connectivity index (χ1n) is 5.26. The van der Waals surface area contributed by atoms with E-state index in [-0.39, 0.29) is 16.3 Å². The van der Waals surface area contributed by atoms with Gasteiger partial charge in [-0.05, 0) is 14.1 Å². The van der Waals surface area contributed by atoms with E-state index >= 15 is 0 Å². The molecule has 94 valence electrons. The maximum absolute atomic E-state index is 13.2. The van der Waals surface area contributed by atoms with Gasteiger partial charge in [0, 0.05) is 19.6 Å². The minimum Gasteiger partial charge on any atom is -0.303 e. The van der Waals surface area contributed by atoms with E-state index in [1.807, 2.05) is 14.1 Å². The number of likely N-dealkylation sites (N-methyl/N-ethyl adjacent to an activating group) is 2. The van der Waals surface area contributed by atoms with Gasteiger partial charge in [-0.2, -0.15) is 0 Å². The molecule has 1 fully saturated rings. The number of nitrogens with zero attached hydrogens (tertiary/aromatic N) is 4. The van der Waals surface area contributed by atoms with Gasteiger partial charge in [0.1, 0.15) is 5.82 Å². The highest BCUT2D eigenvalue weighted by Crippen LogP contribution is 2.25. The molecule has 1 atom stereocenters. The molecule has 0 spiro atoms. The Labute approximate surface area is 109 Å². The standard InChI is InChI=1S/C10H13Cl2FN4/c1-16-3-4-17(2)6(5-16)10-14-8(11)7(13)9(12)15-10/h6H,3-5H2,1-2H3. The zero-order valence-electron chi connectivity index (χ0n) is 9.62. The van der Waals surface area contributed by atoms with Gasteiger partial charge in [-0.1, -0.05) is 23.2 Å². The second-order valence-electron chi connectivity index (χ2n) is 4.24. The van der Waals surface area contributed by atoms with Gasteiger partial charge in [-0.25, -0.2) is 14.4 Å². The molecule has 0 radical (unpaired) electrons. The van der Waals surface area contributed by atoms with Crippen LogP contribution in [0.5, 0.6) is 0 Å². The summed E-state index contributed by atoms with van der Waals surface area (Å²) in [6, 6.07) is -0.00986. The summed E-state index contributed by atoms with van der Waals surface area (Å²) >= 11 is 11.4. The molecule has 1 aromatic rings. The summed E-state index contributed by atoms with van der Waals surface area (Å²) in [6.07, 6.45) is 0. The van der Waals surface area contributed by atoms with Crippen LogP contribution in [-0.2, 0) is 0 Å². The van der Waals surface area contributed by atoms with Gasteiger partial charge in [0.15, 0.2) is 16.1 Å². The Morgan fingerprint density at radius 2 is 1.76 bits per heavy atom. The number of halogens is 3. The predicted molar refractivity (Wildman–Crippen MR) is 64.9 cm³/mol. The maximum atomic E-state index is 13.2. The second-order valence-corrected chi connectivity index (χ2v) is 4.95. The summed E-state index contributed by atoms with van der Waals surface area (Å²) in [5.74, 6) is -0.292. The topological polar surface area (TPSA) is 32.3 Å². The van der Waals surface area contributed by atoms with Crippen molar-refractivity contribution in [2.75, 3.05) is 33.7 Å². The molecule has 17 heavy (non-hydrogen) atoms. The summed E-state index contributed by atoms with van der Waals surface area (Å²) in [6.45, 7) is 2.65. The third kappa shape index (κ3) is 2.68. The monoisotopic (exact) mass is 278 g/mol. The molecule has 0 N–H and O–H groups in total. The number of hydrogen-bond acceptors (Lipinski definition) is 4. The van der Waals surface area contributed by atoms with Crippen molar-refractivity contribution >= 4 is 23.2 Å². The fourth-order valence-electron chi connectivity index (χ4n) is 1.85. The normalized spacial score (nSPS) is 23.0. The highest BCUT2D eigenvalue weighted by Gasteiger charge is 2.27. The minimum atomic E-state index is -0.760. The van der Waals surface area contributed by atoms with Gasteiger partial charge in [0.05, 0.1) is 6.04 Å². The summed E-state index contributed by atoms with van der Waals surface area (Å²) in [5.41, 5.74) is 0. The molecule has 2 rings (SSSR count). The van der Waals surface area contributed by atoms with Crippen molar-refractivity contribution in [3.63, 3.8) is 0 Å². The number of rotatable bonds is 1. The van der Waals surface area contributed by atoms with E-state index in [9.17, 15) is 4.39 Å². The van der Waals surface area contributed by atoms with Crippen LogP contribution < -0.4 is 0 Å².